The van der Waals surface area contributed by atoms with Gasteiger partial charge in [0.05, 0.1) is 0 Å². The maximum Gasteiger partial charge on any atom is 0.0492 e. The van der Waals surface area contributed by atoms with Gasteiger partial charge in [-0.25, -0.2) is 0 Å². The van der Waals surface area contributed by atoms with Gasteiger partial charge >= 0.3 is 0 Å². The fourth-order valence-corrected chi connectivity index (χ4v) is 0.853. The first-order valence-electron chi connectivity index (χ1n) is 3.44. The van der Waals surface area contributed by atoms with Crippen LogP contribution in [0.5, 0.6) is 0 Å². The van der Waals surface area contributed by atoms with Crippen LogP contribution in [0.1, 0.15) is 12.1 Å². The van der Waals surface area contributed by atoms with Crippen LogP contribution in [0.15, 0.2) is 12.3 Å². The molecule has 1 aromatic heterocycles. The Hall–Kier alpha value is -0.830. The quantitative estimate of drug-likeness (QED) is 0.666. The van der Waals surface area contributed by atoms with Gasteiger partial charge < -0.3 is 5.11 Å². The third kappa shape index (κ3) is 1.57. The van der Waals surface area contributed by atoms with Gasteiger partial charge in [0.15, 0.2) is 0 Å². The third-order valence-corrected chi connectivity index (χ3v) is 1.46. The zero-order valence-corrected chi connectivity index (χ0v) is 6.12. The lowest BCUT2D eigenvalue weighted by atomic mass is 10.4. The molecule has 0 saturated heterocycles. The van der Waals surface area contributed by atoms with Crippen molar-refractivity contribution in [1.29, 1.82) is 0 Å². The second kappa shape index (κ2) is 3.37. The minimum Gasteiger partial charge on any atom is -0.396 e. The maximum atomic E-state index is 8.51. The van der Waals surface area contributed by atoms with Crippen LogP contribution in [0, 0.1) is 6.92 Å². The lowest BCUT2D eigenvalue weighted by Gasteiger charge is -2.00. The molecule has 0 fully saturated rings. The van der Waals surface area contributed by atoms with E-state index in [4.69, 9.17) is 5.11 Å². The molecule has 1 heterocycles. The monoisotopic (exact) mass is 140 g/mol. The summed E-state index contributed by atoms with van der Waals surface area (Å²) in [6.07, 6.45) is 2.55. The van der Waals surface area contributed by atoms with Crippen molar-refractivity contribution in [2.75, 3.05) is 6.61 Å². The molecule has 0 radical (unpaired) electrons. The van der Waals surface area contributed by atoms with Crippen molar-refractivity contribution in [2.45, 2.75) is 19.9 Å². The summed E-state index contributed by atoms with van der Waals surface area (Å²) in [7, 11) is 0. The molecule has 0 atom stereocenters. The van der Waals surface area contributed by atoms with E-state index in [0.29, 0.717) is 0 Å². The van der Waals surface area contributed by atoms with Crippen molar-refractivity contribution in [3.8, 4) is 0 Å². The molecule has 0 spiro atoms. The van der Waals surface area contributed by atoms with Crippen LogP contribution < -0.4 is 0 Å². The minimum atomic E-state index is 0.235. The fourth-order valence-electron chi connectivity index (χ4n) is 0.853. The third-order valence-electron chi connectivity index (χ3n) is 1.46. The van der Waals surface area contributed by atoms with Gasteiger partial charge in [0.25, 0.3) is 0 Å². The minimum absolute atomic E-state index is 0.235. The molecular weight excluding hydrogens is 128 g/mol. The first-order valence-corrected chi connectivity index (χ1v) is 3.44. The summed E-state index contributed by atoms with van der Waals surface area (Å²) >= 11 is 0. The fraction of sp³-hybridized carbons (Fsp3) is 0.571. The van der Waals surface area contributed by atoms with Crippen molar-refractivity contribution >= 4 is 0 Å². The van der Waals surface area contributed by atoms with E-state index in [1.807, 2.05) is 17.7 Å². The number of hydrogen-bond acceptors (Lipinski definition) is 2. The Balaban J connectivity index is 2.49. The summed E-state index contributed by atoms with van der Waals surface area (Å²) in [5, 5.41) is 12.6. The van der Waals surface area contributed by atoms with Gasteiger partial charge in [-0.15, -0.1) is 0 Å². The van der Waals surface area contributed by atoms with E-state index in [1.165, 1.54) is 0 Å². The van der Waals surface area contributed by atoms with E-state index in [9.17, 15) is 0 Å². The average Bonchev–Trinajstić information content (AvgIpc) is 2.31. The lowest BCUT2D eigenvalue weighted by Crippen LogP contribution is -2.03. The van der Waals surface area contributed by atoms with Crippen molar-refractivity contribution < 1.29 is 5.11 Å². The predicted molar refractivity (Wildman–Crippen MR) is 38.7 cm³/mol. The van der Waals surface area contributed by atoms with Gasteiger partial charge in [0, 0.05) is 25.0 Å². The highest BCUT2D eigenvalue weighted by atomic mass is 16.3. The molecule has 3 heteroatoms. The van der Waals surface area contributed by atoms with Crippen molar-refractivity contribution in [3.05, 3.63) is 18.0 Å². The van der Waals surface area contributed by atoms with E-state index < -0.39 is 0 Å². The summed E-state index contributed by atoms with van der Waals surface area (Å²) in [5.41, 5.74) is 1.15. The van der Waals surface area contributed by atoms with Crippen LogP contribution in [0.2, 0.25) is 0 Å². The summed E-state index contributed by atoms with van der Waals surface area (Å²) in [4.78, 5) is 0. The number of aromatic nitrogens is 2. The number of rotatable bonds is 3. The van der Waals surface area contributed by atoms with Crippen LogP contribution in [-0.2, 0) is 6.54 Å². The SMILES string of the molecule is Cc1ccnn1CCCO. The van der Waals surface area contributed by atoms with E-state index >= 15 is 0 Å². The van der Waals surface area contributed by atoms with Crippen molar-refractivity contribution in [3.63, 3.8) is 0 Å². The molecule has 1 rings (SSSR count). The van der Waals surface area contributed by atoms with E-state index in [0.717, 1.165) is 18.7 Å². The molecule has 1 N–H and O–H groups in total. The van der Waals surface area contributed by atoms with Gasteiger partial charge in [-0.2, -0.15) is 5.10 Å². The normalized spacial score (nSPS) is 10.2. The van der Waals surface area contributed by atoms with Gasteiger partial charge in [0.1, 0.15) is 0 Å². The Morgan fingerprint density at radius 1 is 1.70 bits per heavy atom. The number of aryl methyl sites for hydroxylation is 2. The molecule has 0 bridgehead atoms. The van der Waals surface area contributed by atoms with Crippen LogP contribution in [0.3, 0.4) is 0 Å². The topological polar surface area (TPSA) is 38.0 Å². The van der Waals surface area contributed by atoms with Crippen molar-refractivity contribution in [2.24, 2.45) is 0 Å². The Labute approximate surface area is 60.3 Å². The van der Waals surface area contributed by atoms with Gasteiger partial charge in [-0.3, -0.25) is 4.68 Å². The number of hydrogen-bond donors (Lipinski definition) is 1. The predicted octanol–water partition coefficient (Wildman–Crippen LogP) is 0.574. The van der Waals surface area contributed by atoms with E-state index in [2.05, 4.69) is 5.10 Å². The molecule has 0 unspecified atom stereocenters. The largest absolute Gasteiger partial charge is 0.396 e. The highest BCUT2D eigenvalue weighted by Gasteiger charge is 1.93. The number of aliphatic hydroxyl groups is 1. The molecule has 3 nitrogen and oxygen atoms in total. The molecule has 0 aliphatic carbocycles. The second-order valence-corrected chi connectivity index (χ2v) is 2.27. The average molecular weight is 140 g/mol. The zero-order chi connectivity index (χ0) is 7.40. The number of aliphatic hydroxyl groups excluding tert-OH is 1. The van der Waals surface area contributed by atoms with Gasteiger partial charge in [0.2, 0.25) is 0 Å². The van der Waals surface area contributed by atoms with Crippen LogP contribution >= 0.6 is 0 Å². The van der Waals surface area contributed by atoms with Crippen LogP contribution in [-0.4, -0.2) is 21.5 Å². The molecule has 0 saturated carbocycles. The molecule has 0 aliphatic rings. The molecule has 56 valence electrons. The zero-order valence-electron chi connectivity index (χ0n) is 6.12. The smallest absolute Gasteiger partial charge is 0.0492 e. The van der Waals surface area contributed by atoms with Crippen LogP contribution in [0.4, 0.5) is 0 Å². The maximum absolute atomic E-state index is 8.51. The highest BCUT2D eigenvalue weighted by Crippen LogP contribution is 1.96. The second-order valence-electron chi connectivity index (χ2n) is 2.27. The molecule has 0 aliphatic heterocycles. The molecule has 0 amide bonds. The van der Waals surface area contributed by atoms with E-state index in [1.54, 1.807) is 6.20 Å². The molecule has 1 aromatic rings. The van der Waals surface area contributed by atoms with Gasteiger partial charge in [-0.1, -0.05) is 0 Å². The van der Waals surface area contributed by atoms with Crippen molar-refractivity contribution in [1.82, 2.24) is 9.78 Å². The Morgan fingerprint density at radius 2 is 2.50 bits per heavy atom. The summed E-state index contributed by atoms with van der Waals surface area (Å²) in [6, 6.07) is 1.96. The van der Waals surface area contributed by atoms with E-state index in [-0.39, 0.29) is 6.61 Å². The molecule has 10 heavy (non-hydrogen) atoms. The lowest BCUT2D eigenvalue weighted by molar-refractivity contribution is 0.276. The molecule has 0 aromatic carbocycles. The standard InChI is InChI=1S/C7H12N2O/c1-7-3-4-8-9(7)5-2-6-10/h3-4,10H,2,5-6H2,1H3. The Bertz CT molecular complexity index is 195. The summed E-state index contributed by atoms with van der Waals surface area (Å²) in [5.74, 6) is 0. The first kappa shape index (κ1) is 7.28. The summed E-state index contributed by atoms with van der Waals surface area (Å²) < 4.78 is 1.89. The van der Waals surface area contributed by atoms with Gasteiger partial charge in [-0.05, 0) is 19.4 Å². The first-order chi connectivity index (χ1) is 4.84. The highest BCUT2D eigenvalue weighted by molar-refractivity contribution is 4.96. The Kier molecular flexibility index (Phi) is 2.45. The summed E-state index contributed by atoms with van der Waals surface area (Å²) in [6.45, 7) is 3.05. The van der Waals surface area contributed by atoms with Crippen LogP contribution in [0.25, 0.3) is 0 Å². The number of nitrogens with zero attached hydrogens (tertiary/aromatic N) is 2. The Morgan fingerprint density at radius 3 is 3.00 bits per heavy atom. The molecular formula is C7H12N2O.